The van der Waals surface area contributed by atoms with Crippen molar-refractivity contribution in [2.75, 3.05) is 0 Å². The molecule has 0 unspecified atom stereocenters. The molecule has 0 amide bonds. The Morgan fingerprint density at radius 2 is 1.09 bits per heavy atom. The van der Waals surface area contributed by atoms with Crippen LogP contribution in [-0.2, 0) is 21.9 Å². The molecule has 10 radical (unpaired) electrons. The number of carbonyl (C=O) groups is 1. The third-order valence-corrected chi connectivity index (χ3v) is 19.1. The van der Waals surface area contributed by atoms with Crippen LogP contribution in [0, 0.1) is 61.9 Å². The fourth-order valence-corrected chi connectivity index (χ4v) is 16.6. The van der Waals surface area contributed by atoms with Crippen molar-refractivity contribution >= 4 is 42.2 Å². The maximum Gasteiger partial charge on any atom is 2.00 e. The molecule has 2 fully saturated rings. The number of unbranched alkanes of at least 4 members (excludes halogenated alkanes) is 3. The van der Waals surface area contributed by atoms with Crippen LogP contribution >= 0.6 is 0 Å². The summed E-state index contributed by atoms with van der Waals surface area (Å²) < 4.78 is 5.04. The summed E-state index contributed by atoms with van der Waals surface area (Å²) in [6.45, 7) is 20.8. The Morgan fingerprint density at radius 1 is 0.735 bits per heavy atom. The normalized spacial score (nSPS) is 17.3. The summed E-state index contributed by atoms with van der Waals surface area (Å²) in [4.78, 5) is 11.2. The van der Waals surface area contributed by atoms with Gasteiger partial charge in [0, 0.05) is 5.92 Å². The van der Waals surface area contributed by atoms with Crippen molar-refractivity contribution in [2.45, 2.75) is 112 Å². The van der Waals surface area contributed by atoms with Crippen LogP contribution in [0.3, 0.4) is 0 Å². The topological polar surface area (TPSA) is 17.1 Å². The zero-order chi connectivity index (χ0) is 25.3. The first-order valence-corrected chi connectivity index (χ1v) is 26.2. The van der Waals surface area contributed by atoms with Crippen LogP contribution in [0.25, 0.3) is 0 Å². The predicted molar refractivity (Wildman–Crippen MR) is 156 cm³/mol. The molecule has 2 saturated carbocycles. The first kappa shape index (κ1) is 37.6. The van der Waals surface area contributed by atoms with E-state index in [1.54, 1.807) is 13.3 Å². The van der Waals surface area contributed by atoms with E-state index in [9.17, 15) is 4.79 Å². The van der Waals surface area contributed by atoms with Crippen molar-refractivity contribution in [3.8, 4) is 0 Å². The van der Waals surface area contributed by atoms with Gasteiger partial charge in [0.2, 0.25) is 0 Å². The van der Waals surface area contributed by atoms with Crippen LogP contribution < -0.4 is 0 Å². The molecule has 0 spiro atoms. The molecule has 0 bridgehead atoms. The van der Waals surface area contributed by atoms with Gasteiger partial charge in [-0.05, 0) is 23.9 Å². The summed E-state index contributed by atoms with van der Waals surface area (Å²) in [6.07, 6.45) is 24.8. The van der Waals surface area contributed by atoms with E-state index in [2.05, 4.69) is 79.3 Å². The fraction of sp³-hybridized carbons (Fsp3) is 0.621. The van der Waals surface area contributed by atoms with E-state index in [0.29, 0.717) is 0 Å². The van der Waals surface area contributed by atoms with Crippen molar-refractivity contribution in [2.24, 2.45) is 0 Å². The van der Waals surface area contributed by atoms with E-state index in [0.717, 1.165) is 12.2 Å². The molecule has 0 aliphatic heterocycles. The number of carbonyl (C=O) groups excluding carboxylic acids is 1. The number of aldehydes is 1. The molecule has 0 aromatic carbocycles. The van der Waals surface area contributed by atoms with Crippen molar-refractivity contribution in [3.63, 3.8) is 0 Å². The average Bonchev–Trinajstić information content (AvgIpc) is 3.45. The Hall–Kier alpha value is 1.42. The van der Waals surface area contributed by atoms with Gasteiger partial charge in [-0.3, -0.25) is 0 Å². The monoisotopic (exact) mass is 648 g/mol. The minimum absolute atomic E-state index is 0. The maximum atomic E-state index is 11.2. The van der Waals surface area contributed by atoms with Crippen molar-refractivity contribution in [1.82, 2.24) is 0 Å². The molecule has 34 heavy (non-hydrogen) atoms. The third kappa shape index (κ3) is 17.0. The second-order valence-electron chi connectivity index (χ2n) is 11.1. The van der Waals surface area contributed by atoms with Crippen LogP contribution in [0.5, 0.6) is 0 Å². The van der Waals surface area contributed by atoms with E-state index < -0.39 is 35.9 Å². The first-order valence-electron chi connectivity index (χ1n) is 13.2. The zero-order valence-electron chi connectivity index (χ0n) is 23.7. The SMILES string of the molecule is CCC[CH2][Sn+]([CH2]CCC)[CH2]CCC.C[Si](C)(C)[C]1[CH][CH][C]([Si](C)(C)C)[C]1C=O.[C-]1[CH][CH][CH][CH]1.[Fe+2]. The van der Waals surface area contributed by atoms with Gasteiger partial charge in [0.15, 0.2) is 0 Å². The predicted octanol–water partition coefficient (Wildman–Crippen LogP) is 8.86. The molecule has 0 aromatic rings. The summed E-state index contributed by atoms with van der Waals surface area (Å²) in [5.74, 6) is 1.01. The molecule has 0 N–H and O–H groups in total. The smallest absolute Gasteiger partial charge is 0.474 e. The fourth-order valence-electron chi connectivity index (χ4n) is 3.86. The molecule has 0 saturated heterocycles. The van der Waals surface area contributed by atoms with Gasteiger partial charge in [-0.1, -0.05) is 52.1 Å². The minimum Gasteiger partial charge on any atom is -0.474 e. The Bertz CT molecular complexity index is 423. The molecule has 2 aliphatic carbocycles. The van der Waals surface area contributed by atoms with E-state index in [4.69, 9.17) is 0 Å². The van der Waals surface area contributed by atoms with Crippen LogP contribution in [0.1, 0.15) is 59.3 Å². The van der Waals surface area contributed by atoms with E-state index in [1.165, 1.54) is 49.6 Å². The average molecular weight is 647 g/mol. The molecular formula is C29H52FeOSi2Sn+2. The molecule has 5 heteroatoms. The van der Waals surface area contributed by atoms with Crippen LogP contribution in [0.2, 0.25) is 52.6 Å². The Balaban J connectivity index is 0. The van der Waals surface area contributed by atoms with Gasteiger partial charge in [-0.25, -0.2) is 12.8 Å². The number of rotatable bonds is 12. The Morgan fingerprint density at radius 3 is 1.29 bits per heavy atom. The van der Waals surface area contributed by atoms with Gasteiger partial charge in [-0.2, -0.15) is 0 Å². The van der Waals surface area contributed by atoms with Gasteiger partial charge >= 0.3 is 109 Å². The van der Waals surface area contributed by atoms with E-state index in [1.807, 2.05) is 25.7 Å². The second-order valence-corrected chi connectivity index (χ2v) is 29.8. The van der Waals surface area contributed by atoms with Gasteiger partial charge < -0.3 is 11.2 Å². The van der Waals surface area contributed by atoms with Crippen LogP contribution in [0.4, 0.5) is 0 Å². The minimum atomic E-state index is -1.37. The van der Waals surface area contributed by atoms with Crippen molar-refractivity contribution in [1.29, 1.82) is 0 Å². The van der Waals surface area contributed by atoms with Crippen LogP contribution in [-0.4, -0.2) is 42.2 Å². The molecule has 192 valence electrons. The third-order valence-electron chi connectivity index (χ3n) is 5.88. The summed E-state index contributed by atoms with van der Waals surface area (Å²) >= 11 is -0.839. The zero-order valence-corrected chi connectivity index (χ0v) is 29.6. The first-order chi connectivity index (χ1) is 15.5. The quantitative estimate of drug-likeness (QED) is 0.118. The van der Waals surface area contributed by atoms with E-state index >= 15 is 0 Å². The Kier molecular flexibility index (Phi) is 23.6. The molecule has 0 atom stereocenters. The summed E-state index contributed by atoms with van der Waals surface area (Å²) in [7, 11) is -2.73. The van der Waals surface area contributed by atoms with Gasteiger partial charge in [0.1, 0.15) is 6.29 Å². The molecule has 0 aromatic heterocycles. The van der Waals surface area contributed by atoms with Crippen molar-refractivity contribution in [3.05, 3.63) is 61.9 Å². The number of hydrogen-bond donors (Lipinski definition) is 0. The molecular weight excluding hydrogens is 595 g/mol. The van der Waals surface area contributed by atoms with Crippen molar-refractivity contribution < 1.29 is 21.9 Å². The summed E-state index contributed by atoms with van der Waals surface area (Å²) in [6, 6.07) is 0. The van der Waals surface area contributed by atoms with Crippen LogP contribution in [0.15, 0.2) is 0 Å². The van der Waals surface area contributed by atoms with Gasteiger partial charge in [-0.15, -0.1) is 0 Å². The van der Waals surface area contributed by atoms with Gasteiger partial charge in [0.05, 0.1) is 16.1 Å². The second kappa shape index (κ2) is 21.4. The molecule has 0 heterocycles. The summed E-state index contributed by atoms with van der Waals surface area (Å²) in [5, 5.41) is 0. The van der Waals surface area contributed by atoms with Gasteiger partial charge in [0.25, 0.3) is 0 Å². The number of hydrogen-bond acceptors (Lipinski definition) is 1. The maximum absolute atomic E-state index is 11.2. The standard InChI is InChI=1S/C12H21OSi2.C5H4.3C4H9.Fe.Sn/c1-14(2,3)11-7-8-12(10(11)9-13)15(4,5)6;1-2-4-5-3-1;3*1-3-4-2;;/h7-9H,1-6H3;1-4H;3*1,3-4H2,2H3;;/q;-1;;;;+2;+1. The molecule has 2 aliphatic rings. The largest absolute Gasteiger partial charge is 2.00 e. The molecule has 2 rings (SSSR count). The molecule has 1 nitrogen and oxygen atoms in total. The Labute approximate surface area is 236 Å². The summed E-state index contributed by atoms with van der Waals surface area (Å²) in [5.41, 5.74) is 2.66. The van der Waals surface area contributed by atoms with E-state index in [-0.39, 0.29) is 17.1 Å².